The van der Waals surface area contributed by atoms with Crippen molar-refractivity contribution in [1.82, 2.24) is 40.3 Å². The highest BCUT2D eigenvalue weighted by Gasteiger charge is 2.23. The van der Waals surface area contributed by atoms with Crippen molar-refractivity contribution in [2.45, 2.75) is 57.7 Å². The molecular formula is C13H20N8O. The van der Waals surface area contributed by atoms with Crippen molar-refractivity contribution in [1.29, 1.82) is 0 Å². The van der Waals surface area contributed by atoms with Gasteiger partial charge in [-0.1, -0.05) is 12.8 Å². The number of hydrogen-bond acceptors (Lipinski definition) is 6. The Morgan fingerprint density at radius 1 is 1.36 bits per heavy atom. The number of hydrogen-bond donors (Lipinski definition) is 1. The first kappa shape index (κ1) is 14.6. The van der Waals surface area contributed by atoms with Gasteiger partial charge in [0.25, 0.3) is 0 Å². The maximum Gasteiger partial charge on any atom is 0.222 e. The zero-order valence-corrected chi connectivity index (χ0v) is 12.6. The van der Waals surface area contributed by atoms with Crippen LogP contribution < -0.4 is 5.32 Å². The second kappa shape index (κ2) is 6.63. The SMILES string of the molecule is CC(NC(=O)CCn1cnnn1)c1nncn1C1CCCC1. The lowest BCUT2D eigenvalue weighted by molar-refractivity contribution is -0.122. The van der Waals surface area contributed by atoms with Crippen LogP contribution >= 0.6 is 0 Å². The van der Waals surface area contributed by atoms with Crippen molar-refractivity contribution >= 4 is 5.91 Å². The van der Waals surface area contributed by atoms with Crippen molar-refractivity contribution in [2.75, 3.05) is 0 Å². The van der Waals surface area contributed by atoms with Crippen LogP contribution in [0.15, 0.2) is 12.7 Å². The summed E-state index contributed by atoms with van der Waals surface area (Å²) in [7, 11) is 0. The molecule has 1 aliphatic carbocycles. The molecule has 1 aliphatic rings. The summed E-state index contributed by atoms with van der Waals surface area (Å²) in [6.45, 7) is 2.39. The van der Waals surface area contributed by atoms with E-state index >= 15 is 0 Å². The Kier molecular flexibility index (Phi) is 4.40. The number of nitrogens with zero attached hydrogens (tertiary/aromatic N) is 7. The lowest BCUT2D eigenvalue weighted by atomic mass is 10.2. The monoisotopic (exact) mass is 304 g/mol. The van der Waals surface area contributed by atoms with Crippen molar-refractivity contribution < 1.29 is 4.79 Å². The van der Waals surface area contributed by atoms with Gasteiger partial charge < -0.3 is 9.88 Å². The number of aromatic nitrogens is 7. The van der Waals surface area contributed by atoms with Crippen LogP contribution in [0.25, 0.3) is 0 Å². The fourth-order valence-corrected chi connectivity index (χ4v) is 2.90. The normalized spacial score (nSPS) is 16.8. The zero-order chi connectivity index (χ0) is 15.4. The minimum atomic E-state index is -0.163. The summed E-state index contributed by atoms with van der Waals surface area (Å²) in [4.78, 5) is 12.0. The predicted molar refractivity (Wildman–Crippen MR) is 76.5 cm³/mol. The summed E-state index contributed by atoms with van der Waals surface area (Å²) in [5, 5.41) is 22.0. The van der Waals surface area contributed by atoms with Gasteiger partial charge in [0.15, 0.2) is 5.82 Å². The summed E-state index contributed by atoms with van der Waals surface area (Å²) in [5.74, 6) is 0.770. The van der Waals surface area contributed by atoms with Gasteiger partial charge in [-0.05, 0) is 30.2 Å². The summed E-state index contributed by atoms with van der Waals surface area (Å²) >= 11 is 0. The fourth-order valence-electron chi connectivity index (χ4n) is 2.90. The molecule has 0 aromatic carbocycles. The average molecular weight is 304 g/mol. The number of nitrogens with one attached hydrogen (secondary N) is 1. The van der Waals surface area contributed by atoms with E-state index in [2.05, 4.69) is 35.6 Å². The minimum absolute atomic E-state index is 0.0519. The van der Waals surface area contributed by atoms with Gasteiger partial charge >= 0.3 is 0 Å². The van der Waals surface area contributed by atoms with Gasteiger partial charge in [0.1, 0.15) is 12.7 Å². The molecule has 1 atom stereocenters. The van der Waals surface area contributed by atoms with Crippen LogP contribution in [0.5, 0.6) is 0 Å². The van der Waals surface area contributed by atoms with Crippen LogP contribution in [0.4, 0.5) is 0 Å². The first-order valence-corrected chi connectivity index (χ1v) is 7.63. The molecule has 3 rings (SSSR count). The number of carbonyl (C=O) groups excluding carboxylic acids is 1. The fraction of sp³-hybridized carbons (Fsp3) is 0.692. The molecule has 0 spiro atoms. The van der Waals surface area contributed by atoms with Gasteiger partial charge in [-0.2, -0.15) is 0 Å². The lowest BCUT2D eigenvalue weighted by Crippen LogP contribution is -2.30. The van der Waals surface area contributed by atoms with Crippen LogP contribution in [-0.4, -0.2) is 40.9 Å². The molecule has 2 aromatic rings. The second-order valence-electron chi connectivity index (χ2n) is 5.65. The molecule has 1 N–H and O–H groups in total. The average Bonchev–Trinajstić information content (AvgIpc) is 3.24. The van der Waals surface area contributed by atoms with E-state index in [4.69, 9.17) is 0 Å². The molecular weight excluding hydrogens is 284 g/mol. The van der Waals surface area contributed by atoms with Crippen molar-refractivity contribution in [3.63, 3.8) is 0 Å². The highest BCUT2D eigenvalue weighted by molar-refractivity contribution is 5.76. The van der Waals surface area contributed by atoms with E-state index in [-0.39, 0.29) is 11.9 Å². The Hall–Kier alpha value is -2.32. The van der Waals surface area contributed by atoms with E-state index in [1.807, 2.05) is 6.92 Å². The summed E-state index contributed by atoms with van der Waals surface area (Å²) < 4.78 is 3.64. The Labute approximate surface area is 128 Å². The van der Waals surface area contributed by atoms with Crippen LogP contribution in [0.1, 0.15) is 56.9 Å². The third kappa shape index (κ3) is 3.29. The Balaban J connectivity index is 1.56. The molecule has 0 bridgehead atoms. The molecule has 9 nitrogen and oxygen atoms in total. The van der Waals surface area contributed by atoms with Crippen molar-refractivity contribution in [2.24, 2.45) is 0 Å². The third-order valence-corrected chi connectivity index (χ3v) is 4.04. The second-order valence-corrected chi connectivity index (χ2v) is 5.65. The van der Waals surface area contributed by atoms with Crippen molar-refractivity contribution in [3.8, 4) is 0 Å². The minimum Gasteiger partial charge on any atom is -0.346 e. The summed E-state index contributed by atoms with van der Waals surface area (Å²) in [6, 6.07) is 0.301. The quantitative estimate of drug-likeness (QED) is 0.840. The van der Waals surface area contributed by atoms with E-state index < -0.39 is 0 Å². The molecule has 2 heterocycles. The van der Waals surface area contributed by atoms with E-state index in [1.54, 1.807) is 6.33 Å². The van der Waals surface area contributed by atoms with Gasteiger partial charge in [0, 0.05) is 12.5 Å². The van der Waals surface area contributed by atoms with Crippen LogP contribution in [0.2, 0.25) is 0 Å². The van der Waals surface area contributed by atoms with E-state index in [9.17, 15) is 4.79 Å². The highest BCUT2D eigenvalue weighted by Crippen LogP contribution is 2.31. The predicted octanol–water partition coefficient (Wildman–Crippen LogP) is 0.647. The Bertz CT molecular complexity index is 601. The molecule has 1 saturated carbocycles. The Morgan fingerprint density at radius 2 is 2.18 bits per heavy atom. The molecule has 0 saturated heterocycles. The molecule has 1 unspecified atom stereocenters. The molecule has 1 fully saturated rings. The molecule has 0 radical (unpaired) electrons. The zero-order valence-electron chi connectivity index (χ0n) is 12.6. The van der Waals surface area contributed by atoms with Gasteiger partial charge in [-0.3, -0.25) is 4.79 Å². The third-order valence-electron chi connectivity index (χ3n) is 4.04. The number of rotatable bonds is 6. The molecule has 2 aromatic heterocycles. The van der Waals surface area contributed by atoms with Gasteiger partial charge in [-0.25, -0.2) is 4.68 Å². The van der Waals surface area contributed by atoms with E-state index in [1.165, 1.54) is 23.9 Å². The van der Waals surface area contributed by atoms with Crippen molar-refractivity contribution in [3.05, 3.63) is 18.5 Å². The lowest BCUT2D eigenvalue weighted by Gasteiger charge is -2.18. The Morgan fingerprint density at radius 3 is 2.91 bits per heavy atom. The van der Waals surface area contributed by atoms with Crippen LogP contribution in [-0.2, 0) is 11.3 Å². The first-order chi connectivity index (χ1) is 10.7. The highest BCUT2D eigenvalue weighted by atomic mass is 16.1. The largest absolute Gasteiger partial charge is 0.346 e. The maximum atomic E-state index is 12.0. The maximum absolute atomic E-state index is 12.0. The van der Waals surface area contributed by atoms with Crippen LogP contribution in [0, 0.1) is 0 Å². The topological polar surface area (TPSA) is 103 Å². The number of amides is 1. The van der Waals surface area contributed by atoms with Crippen LogP contribution in [0.3, 0.4) is 0 Å². The number of aryl methyl sites for hydroxylation is 1. The van der Waals surface area contributed by atoms with Gasteiger partial charge in [0.05, 0.1) is 12.6 Å². The molecule has 22 heavy (non-hydrogen) atoms. The number of tetrazole rings is 1. The van der Waals surface area contributed by atoms with Gasteiger partial charge in [0.2, 0.25) is 5.91 Å². The molecule has 118 valence electrons. The standard InChI is InChI=1S/C13H20N8O/c1-10(16-12(22)6-7-20-8-15-18-19-20)13-17-14-9-21(13)11-4-2-3-5-11/h8-11H,2-7H2,1H3,(H,16,22). The summed E-state index contributed by atoms with van der Waals surface area (Å²) in [5.41, 5.74) is 0. The molecule has 1 amide bonds. The molecule has 9 heteroatoms. The van der Waals surface area contributed by atoms with E-state index in [0.717, 1.165) is 18.7 Å². The number of carbonyl (C=O) groups is 1. The van der Waals surface area contributed by atoms with Gasteiger partial charge in [-0.15, -0.1) is 15.3 Å². The first-order valence-electron chi connectivity index (χ1n) is 7.63. The van der Waals surface area contributed by atoms with E-state index in [0.29, 0.717) is 19.0 Å². The molecule has 0 aliphatic heterocycles. The summed E-state index contributed by atoms with van der Waals surface area (Å²) in [6.07, 6.45) is 8.40. The smallest absolute Gasteiger partial charge is 0.222 e.